The zero-order valence-electron chi connectivity index (χ0n) is 13.9. The van der Waals surface area contributed by atoms with Gasteiger partial charge in [-0.25, -0.2) is 0 Å². The van der Waals surface area contributed by atoms with Crippen molar-refractivity contribution in [3.05, 3.63) is 59.7 Å². The number of thioether (sulfide) groups is 1. The molecular formula is C18H15N5OS2. The highest BCUT2D eigenvalue weighted by molar-refractivity contribution is 8.01. The molecule has 1 heterocycles. The highest BCUT2D eigenvalue weighted by atomic mass is 32.2. The number of amides is 1. The van der Waals surface area contributed by atoms with Gasteiger partial charge in [-0.3, -0.25) is 4.79 Å². The summed E-state index contributed by atoms with van der Waals surface area (Å²) >= 11 is 2.72. The van der Waals surface area contributed by atoms with Gasteiger partial charge in [0.15, 0.2) is 4.34 Å². The second-order valence-electron chi connectivity index (χ2n) is 5.34. The van der Waals surface area contributed by atoms with Crippen LogP contribution in [0.25, 0.3) is 0 Å². The first-order chi connectivity index (χ1) is 12.6. The second kappa shape index (κ2) is 8.47. The molecule has 0 aliphatic carbocycles. The number of anilines is 3. The van der Waals surface area contributed by atoms with Crippen molar-refractivity contribution in [1.82, 2.24) is 10.2 Å². The van der Waals surface area contributed by atoms with E-state index in [1.165, 1.54) is 23.1 Å². The van der Waals surface area contributed by atoms with E-state index in [9.17, 15) is 4.79 Å². The normalized spacial score (nSPS) is 10.2. The Morgan fingerprint density at radius 3 is 2.88 bits per heavy atom. The number of aromatic nitrogens is 2. The molecule has 0 fully saturated rings. The number of para-hydroxylation sites is 1. The molecule has 2 aromatic carbocycles. The van der Waals surface area contributed by atoms with Crippen LogP contribution < -0.4 is 10.6 Å². The first kappa shape index (κ1) is 17.9. The lowest BCUT2D eigenvalue weighted by molar-refractivity contribution is -0.113. The lowest BCUT2D eigenvalue weighted by Gasteiger charge is -2.04. The van der Waals surface area contributed by atoms with Crippen LogP contribution >= 0.6 is 23.1 Å². The predicted molar refractivity (Wildman–Crippen MR) is 105 cm³/mol. The summed E-state index contributed by atoms with van der Waals surface area (Å²) in [6, 6.07) is 16.8. The number of carbonyl (C=O) groups excluding carboxylic acids is 1. The molecule has 2 N–H and O–H groups in total. The van der Waals surface area contributed by atoms with Crippen molar-refractivity contribution in [2.24, 2.45) is 0 Å². The summed E-state index contributed by atoms with van der Waals surface area (Å²) in [6.45, 7) is 2.02. The van der Waals surface area contributed by atoms with Gasteiger partial charge in [0.05, 0.1) is 17.4 Å². The maximum atomic E-state index is 12.1. The third-order valence-electron chi connectivity index (χ3n) is 3.40. The predicted octanol–water partition coefficient (Wildman–Crippen LogP) is 4.19. The Morgan fingerprint density at radius 2 is 2.08 bits per heavy atom. The smallest absolute Gasteiger partial charge is 0.234 e. The van der Waals surface area contributed by atoms with Crippen LogP contribution in [0.15, 0.2) is 52.9 Å². The molecule has 130 valence electrons. The molecule has 0 aliphatic rings. The van der Waals surface area contributed by atoms with E-state index in [-0.39, 0.29) is 11.7 Å². The number of aryl methyl sites for hydroxylation is 1. The van der Waals surface area contributed by atoms with Crippen molar-refractivity contribution in [1.29, 1.82) is 5.26 Å². The van der Waals surface area contributed by atoms with Gasteiger partial charge < -0.3 is 10.6 Å². The summed E-state index contributed by atoms with van der Waals surface area (Å²) in [4.78, 5) is 12.1. The Kier molecular flexibility index (Phi) is 5.84. The average molecular weight is 381 g/mol. The number of carbonyl (C=O) groups is 1. The Balaban J connectivity index is 1.53. The molecule has 0 aliphatic heterocycles. The number of nitrogens with zero attached hydrogens (tertiary/aromatic N) is 3. The molecule has 0 unspecified atom stereocenters. The first-order valence-electron chi connectivity index (χ1n) is 7.73. The minimum Gasteiger partial charge on any atom is -0.330 e. The molecule has 0 saturated heterocycles. The summed E-state index contributed by atoms with van der Waals surface area (Å²) in [5, 5.41) is 23.8. The highest BCUT2D eigenvalue weighted by Crippen LogP contribution is 2.28. The van der Waals surface area contributed by atoms with Gasteiger partial charge >= 0.3 is 0 Å². The Morgan fingerprint density at radius 1 is 1.23 bits per heavy atom. The van der Waals surface area contributed by atoms with Gasteiger partial charge in [-0.2, -0.15) is 5.26 Å². The maximum absolute atomic E-state index is 12.1. The van der Waals surface area contributed by atoms with Crippen LogP contribution in [0, 0.1) is 18.3 Å². The van der Waals surface area contributed by atoms with E-state index in [1.54, 1.807) is 24.3 Å². The topological polar surface area (TPSA) is 90.7 Å². The van der Waals surface area contributed by atoms with E-state index in [0.717, 1.165) is 11.3 Å². The summed E-state index contributed by atoms with van der Waals surface area (Å²) in [6.07, 6.45) is 0. The molecule has 3 aromatic rings. The van der Waals surface area contributed by atoms with Gasteiger partial charge in [0.1, 0.15) is 0 Å². The zero-order chi connectivity index (χ0) is 18.4. The summed E-state index contributed by atoms with van der Waals surface area (Å²) in [5.41, 5.74) is 3.21. The van der Waals surface area contributed by atoms with Crippen molar-refractivity contribution < 1.29 is 4.79 Å². The zero-order valence-corrected chi connectivity index (χ0v) is 15.5. The minimum absolute atomic E-state index is 0.159. The SMILES string of the molecule is Cc1ccccc1Nc1nnc(SCC(=O)Nc2cccc(C#N)c2)s1. The van der Waals surface area contributed by atoms with Crippen molar-refractivity contribution in [2.45, 2.75) is 11.3 Å². The highest BCUT2D eigenvalue weighted by Gasteiger charge is 2.09. The van der Waals surface area contributed by atoms with Gasteiger partial charge in [-0.05, 0) is 36.8 Å². The lowest BCUT2D eigenvalue weighted by atomic mass is 10.2. The molecule has 1 aromatic heterocycles. The molecule has 26 heavy (non-hydrogen) atoms. The van der Waals surface area contributed by atoms with Crippen LogP contribution in [0.5, 0.6) is 0 Å². The van der Waals surface area contributed by atoms with Gasteiger partial charge in [0.2, 0.25) is 11.0 Å². The summed E-state index contributed by atoms with van der Waals surface area (Å²) < 4.78 is 0.710. The maximum Gasteiger partial charge on any atom is 0.234 e. The third-order valence-corrected chi connectivity index (χ3v) is 5.37. The van der Waals surface area contributed by atoms with Crippen LogP contribution in [0.1, 0.15) is 11.1 Å². The molecule has 0 bridgehead atoms. The van der Waals surface area contributed by atoms with Crippen LogP contribution in [-0.2, 0) is 4.79 Å². The average Bonchev–Trinajstić information content (AvgIpc) is 3.09. The van der Waals surface area contributed by atoms with Gasteiger partial charge in [-0.15, -0.1) is 10.2 Å². The second-order valence-corrected chi connectivity index (χ2v) is 7.54. The van der Waals surface area contributed by atoms with E-state index in [0.29, 0.717) is 20.7 Å². The van der Waals surface area contributed by atoms with E-state index >= 15 is 0 Å². The fraction of sp³-hybridized carbons (Fsp3) is 0.111. The summed E-state index contributed by atoms with van der Waals surface area (Å²) in [7, 11) is 0. The number of hydrogen-bond donors (Lipinski definition) is 2. The molecule has 0 spiro atoms. The van der Waals surface area contributed by atoms with E-state index < -0.39 is 0 Å². The fourth-order valence-corrected chi connectivity index (χ4v) is 3.70. The van der Waals surface area contributed by atoms with E-state index in [4.69, 9.17) is 5.26 Å². The van der Waals surface area contributed by atoms with Gasteiger partial charge in [0.25, 0.3) is 0 Å². The van der Waals surface area contributed by atoms with E-state index in [1.807, 2.05) is 37.3 Å². The molecule has 0 radical (unpaired) electrons. The monoisotopic (exact) mass is 381 g/mol. The van der Waals surface area contributed by atoms with Crippen molar-refractivity contribution in [3.63, 3.8) is 0 Å². The lowest BCUT2D eigenvalue weighted by Crippen LogP contribution is -2.13. The molecule has 8 heteroatoms. The van der Waals surface area contributed by atoms with E-state index in [2.05, 4.69) is 20.8 Å². The minimum atomic E-state index is -0.159. The number of nitriles is 1. The largest absolute Gasteiger partial charge is 0.330 e. The molecular weight excluding hydrogens is 366 g/mol. The molecule has 0 atom stereocenters. The van der Waals surface area contributed by atoms with Crippen LogP contribution in [0.3, 0.4) is 0 Å². The van der Waals surface area contributed by atoms with Crippen LogP contribution in [0.4, 0.5) is 16.5 Å². The molecule has 3 rings (SSSR count). The van der Waals surface area contributed by atoms with Crippen molar-refractivity contribution in [2.75, 3.05) is 16.4 Å². The Bertz CT molecular complexity index is 964. The first-order valence-corrected chi connectivity index (χ1v) is 9.53. The van der Waals surface area contributed by atoms with Crippen LogP contribution in [0.2, 0.25) is 0 Å². The number of benzene rings is 2. The fourth-order valence-electron chi connectivity index (χ4n) is 2.14. The van der Waals surface area contributed by atoms with Gasteiger partial charge in [0, 0.05) is 11.4 Å². The van der Waals surface area contributed by atoms with Gasteiger partial charge in [-0.1, -0.05) is 47.4 Å². The Labute approximate surface area is 159 Å². The quantitative estimate of drug-likeness (QED) is 0.622. The number of nitrogens with one attached hydrogen (secondary N) is 2. The third kappa shape index (κ3) is 4.81. The van der Waals surface area contributed by atoms with Crippen molar-refractivity contribution >= 4 is 45.5 Å². The molecule has 0 saturated carbocycles. The summed E-state index contributed by atoms with van der Waals surface area (Å²) in [5.74, 6) is 0.0594. The van der Waals surface area contributed by atoms with Crippen LogP contribution in [-0.4, -0.2) is 21.9 Å². The number of hydrogen-bond acceptors (Lipinski definition) is 7. The Hall–Kier alpha value is -2.89. The number of rotatable bonds is 6. The van der Waals surface area contributed by atoms with Crippen molar-refractivity contribution in [3.8, 4) is 6.07 Å². The molecule has 6 nitrogen and oxygen atoms in total. The molecule has 1 amide bonds. The standard InChI is InChI=1S/C18H15N5OS2/c1-12-5-2-3-8-15(12)21-17-22-23-18(26-17)25-11-16(24)20-14-7-4-6-13(9-14)10-19/h2-9H,11H2,1H3,(H,20,24)(H,21,22).